The lowest BCUT2D eigenvalue weighted by atomic mass is 10.2. The molecule has 0 amide bonds. The highest BCUT2D eigenvalue weighted by Crippen LogP contribution is 2.13. The van der Waals surface area contributed by atoms with E-state index in [-0.39, 0.29) is 25.1 Å². The number of hydrogen-bond donors (Lipinski definition) is 1. The number of rotatable bonds is 5. The molecule has 0 aliphatic rings. The van der Waals surface area contributed by atoms with Gasteiger partial charge in [-0.05, 0) is 0 Å². The zero-order chi connectivity index (χ0) is 9.56. The molecule has 0 fully saturated rings. The molecule has 5 nitrogen and oxygen atoms in total. The van der Waals surface area contributed by atoms with E-state index in [1.54, 1.807) is 13.8 Å². The molecule has 70 valence electrons. The van der Waals surface area contributed by atoms with Crippen molar-refractivity contribution in [1.29, 1.82) is 0 Å². The quantitative estimate of drug-likeness (QED) is 0.400. The van der Waals surface area contributed by atoms with Crippen molar-refractivity contribution >= 4 is 14.2 Å². The van der Waals surface area contributed by atoms with Gasteiger partial charge in [-0.3, -0.25) is 4.79 Å². The highest BCUT2D eigenvalue weighted by molar-refractivity contribution is 7.32. The van der Waals surface area contributed by atoms with E-state index in [4.69, 9.17) is 4.89 Å². The van der Waals surface area contributed by atoms with Crippen LogP contribution >= 0.6 is 8.25 Å². The van der Waals surface area contributed by atoms with Crippen molar-refractivity contribution in [2.45, 2.75) is 13.8 Å². The van der Waals surface area contributed by atoms with E-state index < -0.39 is 8.25 Å². The van der Waals surface area contributed by atoms with Crippen molar-refractivity contribution in [3.05, 3.63) is 0 Å². The molecule has 1 N–H and O–H groups in total. The Kier molecular flexibility index (Phi) is 5.80. The molecule has 0 aromatic rings. The van der Waals surface area contributed by atoms with Gasteiger partial charge in [0.1, 0.15) is 13.2 Å². The number of carbonyl (C=O) groups excluding carboxylic acids is 1. The third-order valence-corrected chi connectivity index (χ3v) is 1.40. The Morgan fingerprint density at radius 1 is 1.50 bits per heavy atom. The van der Waals surface area contributed by atoms with Gasteiger partial charge in [0.2, 0.25) is 0 Å². The Bertz CT molecular complexity index is 167. The van der Waals surface area contributed by atoms with E-state index in [1.165, 1.54) is 0 Å². The standard InChI is InChI=1S/C6H11O5P/c1-5(2)6(7)10-3-4-11-12(8)9/h5H,3-4H2,1-2H3/p+1. The zero-order valence-electron chi connectivity index (χ0n) is 7.02. The molecule has 1 atom stereocenters. The fourth-order valence-electron chi connectivity index (χ4n) is 0.424. The second-order valence-electron chi connectivity index (χ2n) is 2.39. The SMILES string of the molecule is CC(C)C(=O)OCCO[P+](=O)O. The second kappa shape index (κ2) is 6.06. The molecule has 6 heteroatoms. The normalized spacial score (nSPS) is 11.5. The number of ether oxygens (including phenoxy) is 1. The van der Waals surface area contributed by atoms with Crippen molar-refractivity contribution in [2.24, 2.45) is 5.92 Å². The van der Waals surface area contributed by atoms with Crippen LogP contribution in [0.1, 0.15) is 13.8 Å². The summed E-state index contributed by atoms with van der Waals surface area (Å²) in [6.07, 6.45) is 0. The van der Waals surface area contributed by atoms with Crippen molar-refractivity contribution in [3.8, 4) is 0 Å². The van der Waals surface area contributed by atoms with Gasteiger partial charge in [0.15, 0.2) is 0 Å². The molecular formula is C6H12O5P+. The van der Waals surface area contributed by atoms with Crippen LogP contribution in [0.3, 0.4) is 0 Å². The van der Waals surface area contributed by atoms with Crippen LogP contribution in [0.15, 0.2) is 0 Å². The van der Waals surface area contributed by atoms with Crippen molar-refractivity contribution < 1.29 is 23.5 Å². The maximum absolute atomic E-state index is 10.8. The molecular weight excluding hydrogens is 183 g/mol. The summed E-state index contributed by atoms with van der Waals surface area (Å²) < 4.78 is 18.9. The minimum atomic E-state index is -2.59. The first kappa shape index (κ1) is 11.5. The first-order valence-corrected chi connectivity index (χ1v) is 4.62. The number of carbonyl (C=O) groups is 1. The van der Waals surface area contributed by atoms with E-state index in [9.17, 15) is 9.36 Å². The van der Waals surface area contributed by atoms with Crippen LogP contribution in [0.25, 0.3) is 0 Å². The van der Waals surface area contributed by atoms with Gasteiger partial charge in [0.25, 0.3) is 0 Å². The fourth-order valence-corrected chi connectivity index (χ4v) is 0.655. The molecule has 0 spiro atoms. The molecule has 0 heterocycles. The molecule has 0 saturated heterocycles. The largest absolute Gasteiger partial charge is 0.694 e. The lowest BCUT2D eigenvalue weighted by molar-refractivity contribution is -0.148. The summed E-state index contributed by atoms with van der Waals surface area (Å²) in [7, 11) is -2.59. The van der Waals surface area contributed by atoms with Gasteiger partial charge < -0.3 is 4.74 Å². The molecule has 1 unspecified atom stereocenters. The minimum Gasteiger partial charge on any atom is -0.463 e. The van der Waals surface area contributed by atoms with E-state index in [1.807, 2.05) is 0 Å². The Hall–Kier alpha value is -0.510. The van der Waals surface area contributed by atoms with Crippen LogP contribution in [0, 0.1) is 5.92 Å². The molecule has 0 aromatic heterocycles. The first-order chi connectivity index (χ1) is 5.54. The number of esters is 1. The van der Waals surface area contributed by atoms with Crippen molar-refractivity contribution in [3.63, 3.8) is 0 Å². The Balaban J connectivity index is 3.32. The predicted octanol–water partition coefficient (Wildman–Crippen LogP) is 0.852. The summed E-state index contributed by atoms with van der Waals surface area (Å²) in [5.41, 5.74) is 0. The molecule has 0 aliphatic carbocycles. The molecule has 0 radical (unpaired) electrons. The molecule has 0 aliphatic heterocycles. The number of hydrogen-bond acceptors (Lipinski definition) is 4. The summed E-state index contributed by atoms with van der Waals surface area (Å²) in [6, 6.07) is 0. The summed E-state index contributed by atoms with van der Waals surface area (Å²) in [6.45, 7) is 3.37. The molecule has 12 heavy (non-hydrogen) atoms. The highest BCUT2D eigenvalue weighted by atomic mass is 31.1. The maximum Gasteiger partial charge on any atom is 0.694 e. The van der Waals surface area contributed by atoms with Crippen LogP contribution in [0.2, 0.25) is 0 Å². The van der Waals surface area contributed by atoms with E-state index >= 15 is 0 Å². The monoisotopic (exact) mass is 195 g/mol. The molecule has 0 rings (SSSR count). The van der Waals surface area contributed by atoms with Crippen molar-refractivity contribution in [2.75, 3.05) is 13.2 Å². The first-order valence-electron chi connectivity index (χ1n) is 3.49. The fraction of sp³-hybridized carbons (Fsp3) is 0.833. The van der Waals surface area contributed by atoms with Crippen LogP contribution in [-0.4, -0.2) is 24.1 Å². The van der Waals surface area contributed by atoms with Gasteiger partial charge in [-0.1, -0.05) is 13.8 Å². The van der Waals surface area contributed by atoms with Crippen molar-refractivity contribution in [1.82, 2.24) is 0 Å². The summed E-state index contributed by atoms with van der Waals surface area (Å²) in [5, 5.41) is 0. The third kappa shape index (κ3) is 6.22. The van der Waals surface area contributed by atoms with Crippen LogP contribution in [-0.2, 0) is 18.6 Å². The lowest BCUT2D eigenvalue weighted by Gasteiger charge is -2.03. The summed E-state index contributed by atoms with van der Waals surface area (Å²) >= 11 is 0. The van der Waals surface area contributed by atoms with Crippen LogP contribution in [0.4, 0.5) is 0 Å². The van der Waals surface area contributed by atoms with Gasteiger partial charge in [-0.2, -0.15) is 0 Å². The van der Waals surface area contributed by atoms with E-state index in [0.717, 1.165) is 0 Å². The second-order valence-corrected chi connectivity index (χ2v) is 3.13. The van der Waals surface area contributed by atoms with Crippen LogP contribution < -0.4 is 0 Å². The maximum atomic E-state index is 10.8. The zero-order valence-corrected chi connectivity index (χ0v) is 7.91. The lowest BCUT2D eigenvalue weighted by Crippen LogP contribution is -2.14. The van der Waals surface area contributed by atoms with Gasteiger partial charge in [-0.25, -0.2) is 0 Å². The smallest absolute Gasteiger partial charge is 0.463 e. The molecule has 0 aromatic carbocycles. The molecule has 0 bridgehead atoms. The highest BCUT2D eigenvalue weighted by Gasteiger charge is 2.13. The van der Waals surface area contributed by atoms with Gasteiger partial charge in [0, 0.05) is 4.57 Å². The topological polar surface area (TPSA) is 72.8 Å². The Labute approximate surface area is 71.6 Å². The summed E-state index contributed by atoms with van der Waals surface area (Å²) in [4.78, 5) is 18.9. The van der Waals surface area contributed by atoms with Gasteiger partial charge >= 0.3 is 14.2 Å². The van der Waals surface area contributed by atoms with Crippen LogP contribution in [0.5, 0.6) is 0 Å². The van der Waals surface area contributed by atoms with Gasteiger partial charge in [0.05, 0.1) is 5.92 Å². The average Bonchev–Trinajstić information content (AvgIpc) is 1.97. The Morgan fingerprint density at radius 2 is 2.08 bits per heavy atom. The summed E-state index contributed by atoms with van der Waals surface area (Å²) in [5.74, 6) is -0.528. The van der Waals surface area contributed by atoms with Gasteiger partial charge in [-0.15, -0.1) is 9.42 Å². The molecule has 0 saturated carbocycles. The van der Waals surface area contributed by atoms with E-state index in [0.29, 0.717) is 0 Å². The third-order valence-electron chi connectivity index (χ3n) is 1.00. The minimum absolute atomic E-state index is 0.0125. The van der Waals surface area contributed by atoms with E-state index in [2.05, 4.69) is 9.26 Å². The Morgan fingerprint density at radius 3 is 2.50 bits per heavy atom. The predicted molar refractivity (Wildman–Crippen MR) is 41.6 cm³/mol. The average molecular weight is 195 g/mol.